The molecule has 2 aromatic heterocycles. The van der Waals surface area contributed by atoms with Crippen LogP contribution in [0.2, 0.25) is 0 Å². The molecular weight excluding hydrogens is 270 g/mol. The van der Waals surface area contributed by atoms with Crippen LogP contribution >= 0.6 is 15.9 Å². The first-order valence-corrected chi connectivity index (χ1v) is 5.67. The minimum Gasteiger partial charge on any atom is -0.378 e. The summed E-state index contributed by atoms with van der Waals surface area (Å²) in [7, 11) is 1.66. The van der Waals surface area contributed by atoms with Crippen LogP contribution < -0.4 is 0 Å². The lowest BCUT2D eigenvalue weighted by Crippen LogP contribution is -2.04. The second kappa shape index (κ2) is 4.76. The monoisotopic (exact) mass is 281 g/mol. The first-order valence-electron chi connectivity index (χ1n) is 4.87. The van der Waals surface area contributed by atoms with E-state index in [1.165, 1.54) is 0 Å². The predicted octanol–water partition coefficient (Wildman–Crippen LogP) is 2.48. The van der Waals surface area contributed by atoms with Gasteiger partial charge in [0.15, 0.2) is 5.82 Å². The summed E-state index contributed by atoms with van der Waals surface area (Å²) in [5.74, 6) is 0.834. The Kier molecular flexibility index (Phi) is 3.36. The zero-order valence-corrected chi connectivity index (χ0v) is 10.7. The van der Waals surface area contributed by atoms with Crippen LogP contribution in [0.5, 0.6) is 0 Å². The van der Waals surface area contributed by atoms with E-state index in [9.17, 15) is 0 Å². The second-order valence-electron chi connectivity index (χ2n) is 3.46. The summed E-state index contributed by atoms with van der Waals surface area (Å²) < 4.78 is 7.61. The summed E-state index contributed by atoms with van der Waals surface area (Å²) in [6, 6.07) is 5.86. The minimum atomic E-state index is 0.510. The molecule has 0 radical (unpaired) electrons. The van der Waals surface area contributed by atoms with Gasteiger partial charge in [-0.2, -0.15) is 5.10 Å². The molecule has 16 heavy (non-hydrogen) atoms. The lowest BCUT2D eigenvalue weighted by atomic mass is 10.2. The van der Waals surface area contributed by atoms with E-state index in [0.29, 0.717) is 6.61 Å². The van der Waals surface area contributed by atoms with Crippen LogP contribution in [0.25, 0.3) is 5.82 Å². The number of aromatic nitrogens is 3. The highest BCUT2D eigenvalue weighted by atomic mass is 79.9. The molecule has 0 saturated heterocycles. The third-order valence-electron chi connectivity index (χ3n) is 2.19. The summed E-state index contributed by atoms with van der Waals surface area (Å²) in [4.78, 5) is 4.50. The molecule has 0 N–H and O–H groups in total. The van der Waals surface area contributed by atoms with Gasteiger partial charge in [0.2, 0.25) is 0 Å². The minimum absolute atomic E-state index is 0.510. The molecule has 0 aliphatic rings. The molecule has 5 heteroatoms. The standard InChI is InChI=1S/C11H12BrN3O/c1-8-3-4-9(7-16-2)13-11(8)15-6-5-10(12)14-15/h3-6H,7H2,1-2H3. The third-order valence-corrected chi connectivity index (χ3v) is 2.62. The van der Waals surface area contributed by atoms with E-state index in [4.69, 9.17) is 4.74 Å². The van der Waals surface area contributed by atoms with Crippen molar-refractivity contribution in [2.45, 2.75) is 13.5 Å². The highest BCUT2D eigenvalue weighted by Crippen LogP contribution is 2.14. The Morgan fingerprint density at radius 3 is 2.81 bits per heavy atom. The zero-order valence-electron chi connectivity index (χ0n) is 9.14. The summed E-state index contributed by atoms with van der Waals surface area (Å²) in [5, 5.41) is 4.27. The molecule has 2 heterocycles. The van der Waals surface area contributed by atoms with E-state index in [1.807, 2.05) is 31.3 Å². The Bertz CT molecular complexity index is 496. The topological polar surface area (TPSA) is 39.9 Å². The third kappa shape index (κ3) is 2.31. The van der Waals surface area contributed by atoms with Crippen molar-refractivity contribution in [2.75, 3.05) is 7.11 Å². The molecule has 2 aromatic rings. The van der Waals surface area contributed by atoms with Gasteiger partial charge >= 0.3 is 0 Å². The van der Waals surface area contributed by atoms with Gasteiger partial charge in [-0.15, -0.1) is 0 Å². The number of hydrogen-bond acceptors (Lipinski definition) is 3. The molecule has 0 spiro atoms. The van der Waals surface area contributed by atoms with Gasteiger partial charge in [0.25, 0.3) is 0 Å². The Labute approximate surface area is 102 Å². The van der Waals surface area contributed by atoms with Gasteiger partial charge in [-0.3, -0.25) is 0 Å². The lowest BCUT2D eigenvalue weighted by molar-refractivity contribution is 0.181. The SMILES string of the molecule is COCc1ccc(C)c(-n2ccc(Br)n2)n1. The Balaban J connectivity index is 2.42. The summed E-state index contributed by atoms with van der Waals surface area (Å²) in [5.41, 5.74) is 1.98. The summed E-state index contributed by atoms with van der Waals surface area (Å²) >= 11 is 3.32. The van der Waals surface area contributed by atoms with Gasteiger partial charge in [-0.25, -0.2) is 9.67 Å². The molecule has 0 aliphatic heterocycles. The van der Waals surface area contributed by atoms with Gasteiger partial charge in [0, 0.05) is 13.3 Å². The Morgan fingerprint density at radius 2 is 2.19 bits per heavy atom. The lowest BCUT2D eigenvalue weighted by Gasteiger charge is -2.07. The van der Waals surface area contributed by atoms with Crippen molar-refractivity contribution in [3.63, 3.8) is 0 Å². The van der Waals surface area contributed by atoms with E-state index in [0.717, 1.165) is 21.7 Å². The maximum atomic E-state index is 5.06. The van der Waals surface area contributed by atoms with E-state index in [-0.39, 0.29) is 0 Å². The molecule has 0 aromatic carbocycles. The molecule has 0 aliphatic carbocycles. The summed E-state index contributed by atoms with van der Waals surface area (Å²) in [6.45, 7) is 2.52. The number of halogens is 1. The van der Waals surface area contributed by atoms with Crippen molar-refractivity contribution in [3.8, 4) is 5.82 Å². The molecule has 4 nitrogen and oxygen atoms in total. The maximum Gasteiger partial charge on any atom is 0.156 e. The molecule has 0 amide bonds. The second-order valence-corrected chi connectivity index (χ2v) is 4.27. The number of rotatable bonds is 3. The van der Waals surface area contributed by atoms with Crippen LogP contribution in [0.4, 0.5) is 0 Å². The quantitative estimate of drug-likeness (QED) is 0.868. The van der Waals surface area contributed by atoms with Crippen molar-refractivity contribution in [2.24, 2.45) is 0 Å². The van der Waals surface area contributed by atoms with Gasteiger partial charge in [0.1, 0.15) is 4.60 Å². The largest absolute Gasteiger partial charge is 0.378 e. The molecule has 0 atom stereocenters. The van der Waals surface area contributed by atoms with Crippen LogP contribution in [-0.4, -0.2) is 21.9 Å². The molecule has 0 saturated carbocycles. The van der Waals surface area contributed by atoms with Gasteiger partial charge < -0.3 is 4.74 Å². The van der Waals surface area contributed by atoms with Crippen molar-refractivity contribution in [1.29, 1.82) is 0 Å². The van der Waals surface area contributed by atoms with Crippen LogP contribution in [0.15, 0.2) is 29.0 Å². The predicted molar refractivity (Wildman–Crippen MR) is 64.5 cm³/mol. The molecule has 0 bridgehead atoms. The Hall–Kier alpha value is -1.20. The first kappa shape index (κ1) is 11.3. The van der Waals surface area contributed by atoms with E-state index in [1.54, 1.807) is 11.8 Å². The molecule has 84 valence electrons. The van der Waals surface area contributed by atoms with E-state index < -0.39 is 0 Å². The molecular formula is C11H12BrN3O. The van der Waals surface area contributed by atoms with Crippen LogP contribution in [0, 0.1) is 6.92 Å². The van der Waals surface area contributed by atoms with Crippen molar-refractivity contribution >= 4 is 15.9 Å². The van der Waals surface area contributed by atoms with Crippen molar-refractivity contribution in [3.05, 3.63) is 40.3 Å². The van der Waals surface area contributed by atoms with Gasteiger partial charge in [0.05, 0.1) is 12.3 Å². The van der Waals surface area contributed by atoms with Crippen molar-refractivity contribution < 1.29 is 4.74 Å². The van der Waals surface area contributed by atoms with Crippen molar-refractivity contribution in [1.82, 2.24) is 14.8 Å². The number of hydrogen-bond donors (Lipinski definition) is 0. The van der Waals surface area contributed by atoms with E-state index in [2.05, 4.69) is 26.0 Å². The highest BCUT2D eigenvalue weighted by Gasteiger charge is 2.06. The number of nitrogens with zero attached hydrogens (tertiary/aromatic N) is 3. The van der Waals surface area contributed by atoms with Crippen LogP contribution in [0.1, 0.15) is 11.3 Å². The van der Waals surface area contributed by atoms with Gasteiger partial charge in [-0.05, 0) is 40.5 Å². The molecule has 0 unspecified atom stereocenters. The zero-order chi connectivity index (χ0) is 11.5. The number of ether oxygens (including phenoxy) is 1. The maximum absolute atomic E-state index is 5.06. The molecule has 0 fully saturated rings. The number of methoxy groups -OCH3 is 1. The normalized spacial score (nSPS) is 10.7. The average Bonchev–Trinajstić information content (AvgIpc) is 2.68. The smallest absolute Gasteiger partial charge is 0.156 e. The fourth-order valence-corrected chi connectivity index (χ4v) is 1.73. The fraction of sp³-hybridized carbons (Fsp3) is 0.273. The Morgan fingerprint density at radius 1 is 1.38 bits per heavy atom. The van der Waals surface area contributed by atoms with Gasteiger partial charge in [-0.1, -0.05) is 6.07 Å². The summed E-state index contributed by atoms with van der Waals surface area (Å²) in [6.07, 6.45) is 1.87. The molecule has 2 rings (SSSR count). The first-order chi connectivity index (χ1) is 7.70. The number of aryl methyl sites for hydroxylation is 1. The average molecular weight is 282 g/mol. The van der Waals surface area contributed by atoms with E-state index >= 15 is 0 Å². The number of pyridine rings is 1. The van der Waals surface area contributed by atoms with Crippen LogP contribution in [-0.2, 0) is 11.3 Å². The fourth-order valence-electron chi connectivity index (χ4n) is 1.44. The van der Waals surface area contributed by atoms with Crippen LogP contribution in [0.3, 0.4) is 0 Å². The highest BCUT2D eigenvalue weighted by molar-refractivity contribution is 9.10.